The second kappa shape index (κ2) is 3.37. The molecule has 0 aliphatic carbocycles. The standard InChI is InChI=1S/C7H13BrO2/c1-4-7(8,5(2)3)6(9)10/h5H,4H2,1-3H3,(H,9,10)/t7-/m0/s1. The number of halogens is 1. The average molecular weight is 209 g/mol. The van der Waals surface area contributed by atoms with Crippen LogP contribution in [0.25, 0.3) is 0 Å². The van der Waals surface area contributed by atoms with Gasteiger partial charge < -0.3 is 5.11 Å². The largest absolute Gasteiger partial charge is 0.480 e. The van der Waals surface area contributed by atoms with Gasteiger partial charge in [0.1, 0.15) is 4.32 Å². The maximum atomic E-state index is 10.6. The van der Waals surface area contributed by atoms with E-state index in [0.717, 1.165) is 0 Å². The molecule has 0 unspecified atom stereocenters. The van der Waals surface area contributed by atoms with Gasteiger partial charge in [-0.05, 0) is 12.3 Å². The molecule has 0 aromatic rings. The fourth-order valence-corrected chi connectivity index (χ4v) is 0.806. The predicted molar refractivity (Wildman–Crippen MR) is 44.4 cm³/mol. The van der Waals surface area contributed by atoms with Gasteiger partial charge in [-0.2, -0.15) is 0 Å². The Balaban J connectivity index is 4.38. The Hall–Kier alpha value is -0.0500. The van der Waals surface area contributed by atoms with Gasteiger partial charge >= 0.3 is 5.97 Å². The highest BCUT2D eigenvalue weighted by atomic mass is 79.9. The molecule has 0 bridgehead atoms. The Kier molecular flexibility index (Phi) is 3.36. The lowest BCUT2D eigenvalue weighted by molar-refractivity contribution is -0.140. The van der Waals surface area contributed by atoms with Crippen LogP contribution in [0.15, 0.2) is 0 Å². The molecular formula is C7H13BrO2. The molecule has 0 heterocycles. The first-order valence-electron chi connectivity index (χ1n) is 3.37. The number of rotatable bonds is 3. The van der Waals surface area contributed by atoms with E-state index in [-0.39, 0.29) is 5.92 Å². The van der Waals surface area contributed by atoms with Crippen molar-refractivity contribution in [1.82, 2.24) is 0 Å². The van der Waals surface area contributed by atoms with Gasteiger partial charge in [-0.3, -0.25) is 4.79 Å². The van der Waals surface area contributed by atoms with Crippen molar-refractivity contribution in [2.45, 2.75) is 31.5 Å². The molecule has 3 heteroatoms. The monoisotopic (exact) mass is 208 g/mol. The number of hydrogen-bond donors (Lipinski definition) is 1. The SMILES string of the molecule is CC[C@@](Br)(C(=O)O)C(C)C. The number of alkyl halides is 1. The number of aliphatic carboxylic acids is 1. The van der Waals surface area contributed by atoms with Crippen molar-refractivity contribution in [3.8, 4) is 0 Å². The molecule has 10 heavy (non-hydrogen) atoms. The minimum absolute atomic E-state index is 0.120. The topological polar surface area (TPSA) is 37.3 Å². The Morgan fingerprint density at radius 1 is 1.70 bits per heavy atom. The molecule has 0 aromatic heterocycles. The van der Waals surface area contributed by atoms with Crippen LogP contribution >= 0.6 is 15.9 Å². The van der Waals surface area contributed by atoms with E-state index in [2.05, 4.69) is 15.9 Å². The highest BCUT2D eigenvalue weighted by molar-refractivity contribution is 9.10. The van der Waals surface area contributed by atoms with Gasteiger partial charge in [0.15, 0.2) is 0 Å². The van der Waals surface area contributed by atoms with Gasteiger partial charge in [-0.1, -0.05) is 36.7 Å². The van der Waals surface area contributed by atoms with Crippen molar-refractivity contribution in [2.24, 2.45) is 5.92 Å². The molecule has 0 radical (unpaired) electrons. The van der Waals surface area contributed by atoms with Gasteiger partial charge in [-0.15, -0.1) is 0 Å². The van der Waals surface area contributed by atoms with Crippen LogP contribution in [0.4, 0.5) is 0 Å². The van der Waals surface area contributed by atoms with Gasteiger partial charge in [0.25, 0.3) is 0 Å². The third-order valence-corrected chi connectivity index (χ3v) is 3.60. The van der Waals surface area contributed by atoms with E-state index in [4.69, 9.17) is 5.11 Å². The first kappa shape index (κ1) is 9.95. The van der Waals surface area contributed by atoms with Crippen LogP contribution < -0.4 is 0 Å². The molecule has 0 aliphatic rings. The van der Waals surface area contributed by atoms with Crippen LogP contribution in [0.2, 0.25) is 0 Å². The Bertz CT molecular complexity index is 134. The van der Waals surface area contributed by atoms with Crippen molar-refractivity contribution < 1.29 is 9.90 Å². The van der Waals surface area contributed by atoms with Gasteiger partial charge in [0.2, 0.25) is 0 Å². The summed E-state index contributed by atoms with van der Waals surface area (Å²) in [5.41, 5.74) is 0. The lowest BCUT2D eigenvalue weighted by atomic mass is 9.93. The van der Waals surface area contributed by atoms with Crippen molar-refractivity contribution in [2.75, 3.05) is 0 Å². The first-order chi connectivity index (χ1) is 4.45. The van der Waals surface area contributed by atoms with Crippen molar-refractivity contribution in [3.05, 3.63) is 0 Å². The maximum absolute atomic E-state index is 10.6. The molecule has 60 valence electrons. The second-order valence-electron chi connectivity index (χ2n) is 2.68. The molecule has 0 spiro atoms. The first-order valence-corrected chi connectivity index (χ1v) is 4.16. The van der Waals surface area contributed by atoms with Crippen molar-refractivity contribution in [1.29, 1.82) is 0 Å². The van der Waals surface area contributed by atoms with Crippen molar-refractivity contribution >= 4 is 21.9 Å². The fourth-order valence-electron chi connectivity index (χ4n) is 0.806. The molecule has 2 nitrogen and oxygen atoms in total. The van der Waals surface area contributed by atoms with Crippen LogP contribution in [-0.4, -0.2) is 15.4 Å². The van der Waals surface area contributed by atoms with Crippen LogP contribution in [0.1, 0.15) is 27.2 Å². The van der Waals surface area contributed by atoms with Crippen LogP contribution in [0.3, 0.4) is 0 Å². The zero-order valence-electron chi connectivity index (χ0n) is 6.52. The molecule has 0 rings (SSSR count). The molecule has 0 saturated carbocycles. The van der Waals surface area contributed by atoms with Gasteiger partial charge in [-0.25, -0.2) is 0 Å². The summed E-state index contributed by atoms with van der Waals surface area (Å²) in [4.78, 5) is 10.6. The minimum Gasteiger partial charge on any atom is -0.480 e. The summed E-state index contributed by atoms with van der Waals surface area (Å²) in [7, 11) is 0. The highest BCUT2D eigenvalue weighted by Crippen LogP contribution is 2.31. The quantitative estimate of drug-likeness (QED) is 0.724. The summed E-state index contributed by atoms with van der Waals surface area (Å²) in [6, 6.07) is 0. The Morgan fingerprint density at radius 2 is 2.10 bits per heavy atom. The third kappa shape index (κ3) is 1.72. The van der Waals surface area contributed by atoms with Gasteiger partial charge in [0, 0.05) is 0 Å². The zero-order chi connectivity index (χ0) is 8.36. The number of hydrogen-bond acceptors (Lipinski definition) is 1. The third-order valence-electron chi connectivity index (χ3n) is 1.79. The molecular weight excluding hydrogens is 196 g/mol. The van der Waals surface area contributed by atoms with E-state index in [1.54, 1.807) is 0 Å². The van der Waals surface area contributed by atoms with E-state index in [0.29, 0.717) is 6.42 Å². The minimum atomic E-state index is -0.773. The molecule has 0 fully saturated rings. The smallest absolute Gasteiger partial charge is 0.320 e. The Morgan fingerprint density at radius 3 is 2.10 bits per heavy atom. The van der Waals surface area contributed by atoms with Crippen molar-refractivity contribution in [3.63, 3.8) is 0 Å². The van der Waals surface area contributed by atoms with E-state index in [9.17, 15) is 4.79 Å². The molecule has 0 aromatic carbocycles. The normalized spacial score (nSPS) is 16.9. The number of carboxylic acids is 1. The summed E-state index contributed by atoms with van der Waals surface area (Å²) in [5.74, 6) is -0.653. The molecule has 1 atom stereocenters. The van der Waals surface area contributed by atoms with E-state index >= 15 is 0 Å². The Labute approximate surface area is 69.8 Å². The fraction of sp³-hybridized carbons (Fsp3) is 0.857. The molecule has 0 amide bonds. The van der Waals surface area contributed by atoms with Crippen LogP contribution in [0, 0.1) is 5.92 Å². The summed E-state index contributed by atoms with van der Waals surface area (Å²) < 4.78 is -0.729. The lowest BCUT2D eigenvalue weighted by Gasteiger charge is -2.24. The predicted octanol–water partition coefficient (Wildman–Crippen LogP) is 2.27. The summed E-state index contributed by atoms with van der Waals surface area (Å²) in [5, 5.41) is 8.76. The highest BCUT2D eigenvalue weighted by Gasteiger charge is 2.36. The second-order valence-corrected chi connectivity index (χ2v) is 4.09. The molecule has 0 saturated heterocycles. The number of carbonyl (C=O) groups is 1. The van der Waals surface area contributed by atoms with E-state index in [1.165, 1.54) is 0 Å². The summed E-state index contributed by atoms with van der Waals surface area (Å²) in [6.45, 7) is 5.65. The average Bonchev–Trinajstić information content (AvgIpc) is 1.85. The maximum Gasteiger partial charge on any atom is 0.320 e. The molecule has 0 aliphatic heterocycles. The zero-order valence-corrected chi connectivity index (χ0v) is 8.10. The van der Waals surface area contributed by atoms with Crippen LogP contribution in [0.5, 0.6) is 0 Å². The van der Waals surface area contributed by atoms with E-state index < -0.39 is 10.3 Å². The van der Waals surface area contributed by atoms with Crippen LogP contribution in [-0.2, 0) is 4.79 Å². The molecule has 1 N–H and O–H groups in total. The van der Waals surface area contributed by atoms with Gasteiger partial charge in [0.05, 0.1) is 0 Å². The lowest BCUT2D eigenvalue weighted by Crippen LogP contribution is -2.36. The summed E-state index contributed by atoms with van der Waals surface area (Å²) >= 11 is 3.21. The summed E-state index contributed by atoms with van der Waals surface area (Å²) in [6.07, 6.45) is 0.611. The van der Waals surface area contributed by atoms with E-state index in [1.807, 2.05) is 20.8 Å². The number of carboxylic acid groups (broad SMARTS) is 1.